The fourth-order valence-corrected chi connectivity index (χ4v) is 5.43. The molecule has 8 nitrogen and oxygen atoms in total. The van der Waals surface area contributed by atoms with Gasteiger partial charge in [-0.1, -0.05) is 0 Å². The molecule has 1 amide bonds. The van der Waals surface area contributed by atoms with Crippen molar-refractivity contribution in [1.29, 1.82) is 0 Å². The van der Waals surface area contributed by atoms with E-state index < -0.39 is 22.9 Å². The largest absolute Gasteiger partial charge is 0.447 e. The molecule has 0 spiro atoms. The van der Waals surface area contributed by atoms with Crippen molar-refractivity contribution >= 4 is 17.8 Å². The number of ether oxygens (including phenoxy) is 1. The van der Waals surface area contributed by atoms with Gasteiger partial charge in [-0.05, 0) is 69.3 Å². The molecule has 0 aromatic carbocycles. The molecule has 8 heteroatoms. The fourth-order valence-electron chi connectivity index (χ4n) is 5.43. The lowest BCUT2D eigenvalue weighted by Gasteiger charge is -2.57. The SMILES string of the molecule is C[C@@H](OC(=O)c1ccc([N+](=O)[O-])o1)C(=O)NC12CC3CC(CC(C3)C1)C2. The van der Waals surface area contributed by atoms with E-state index in [9.17, 15) is 19.7 Å². The molecule has 26 heavy (non-hydrogen) atoms. The van der Waals surface area contributed by atoms with Gasteiger partial charge in [0.1, 0.15) is 4.92 Å². The maximum atomic E-state index is 12.6. The maximum Gasteiger partial charge on any atom is 0.433 e. The molecule has 5 rings (SSSR count). The third-order valence-electron chi connectivity index (χ3n) is 6.05. The van der Waals surface area contributed by atoms with Crippen LogP contribution in [0.1, 0.15) is 56.0 Å². The lowest BCUT2D eigenvalue weighted by atomic mass is 9.53. The lowest BCUT2D eigenvalue weighted by Crippen LogP contribution is -2.61. The summed E-state index contributed by atoms with van der Waals surface area (Å²) in [6, 6.07) is 2.25. The van der Waals surface area contributed by atoms with Gasteiger partial charge >= 0.3 is 11.9 Å². The van der Waals surface area contributed by atoms with Crippen LogP contribution in [0.2, 0.25) is 0 Å². The number of nitro groups is 1. The first-order chi connectivity index (χ1) is 12.3. The van der Waals surface area contributed by atoms with Crippen molar-refractivity contribution in [3.05, 3.63) is 28.0 Å². The summed E-state index contributed by atoms with van der Waals surface area (Å²) < 4.78 is 9.95. The zero-order valence-corrected chi connectivity index (χ0v) is 14.6. The number of rotatable bonds is 5. The lowest BCUT2D eigenvalue weighted by molar-refractivity contribution is -0.402. The van der Waals surface area contributed by atoms with Gasteiger partial charge in [-0.15, -0.1) is 0 Å². The van der Waals surface area contributed by atoms with Crippen LogP contribution in [0.4, 0.5) is 5.88 Å². The summed E-state index contributed by atoms with van der Waals surface area (Å²) >= 11 is 0. The van der Waals surface area contributed by atoms with Crippen LogP contribution in [0, 0.1) is 27.9 Å². The van der Waals surface area contributed by atoms with Crippen LogP contribution < -0.4 is 5.32 Å². The minimum atomic E-state index is -0.986. The maximum absolute atomic E-state index is 12.6. The number of carbonyl (C=O) groups excluding carboxylic acids is 2. The number of hydrogen-bond donors (Lipinski definition) is 1. The molecule has 0 unspecified atom stereocenters. The van der Waals surface area contributed by atoms with Crippen molar-refractivity contribution in [1.82, 2.24) is 5.32 Å². The third kappa shape index (κ3) is 3.08. The molecule has 1 N–H and O–H groups in total. The molecule has 0 aliphatic heterocycles. The summed E-state index contributed by atoms with van der Waals surface area (Å²) in [6.45, 7) is 1.51. The van der Waals surface area contributed by atoms with E-state index in [4.69, 9.17) is 9.15 Å². The van der Waals surface area contributed by atoms with Gasteiger partial charge in [-0.2, -0.15) is 0 Å². The molecular weight excluding hydrogens is 340 g/mol. The van der Waals surface area contributed by atoms with Crippen LogP contribution in [0.25, 0.3) is 0 Å². The van der Waals surface area contributed by atoms with Crippen molar-refractivity contribution in [3.8, 4) is 0 Å². The average Bonchev–Trinajstić information content (AvgIpc) is 3.03. The first-order valence-electron chi connectivity index (χ1n) is 9.11. The summed E-state index contributed by atoms with van der Waals surface area (Å²) in [5.74, 6) is 0.0654. The second-order valence-corrected chi connectivity index (χ2v) is 8.13. The monoisotopic (exact) mass is 362 g/mol. The van der Waals surface area contributed by atoms with Crippen LogP contribution in [-0.2, 0) is 9.53 Å². The molecule has 4 fully saturated rings. The predicted octanol–water partition coefficient (Wildman–Crippen LogP) is 2.82. The molecule has 0 radical (unpaired) electrons. The van der Waals surface area contributed by atoms with Crippen LogP contribution in [0.5, 0.6) is 0 Å². The predicted molar refractivity (Wildman–Crippen MR) is 89.3 cm³/mol. The number of furan rings is 1. The Morgan fingerprint density at radius 2 is 1.81 bits per heavy atom. The summed E-state index contributed by atoms with van der Waals surface area (Å²) in [6.07, 6.45) is 5.87. The van der Waals surface area contributed by atoms with Crippen molar-refractivity contribution < 1.29 is 23.7 Å². The highest BCUT2D eigenvalue weighted by atomic mass is 16.7. The Balaban J connectivity index is 1.37. The van der Waals surface area contributed by atoms with Crippen LogP contribution in [-0.4, -0.2) is 28.4 Å². The Hall–Kier alpha value is -2.38. The Morgan fingerprint density at radius 3 is 2.31 bits per heavy atom. The third-order valence-corrected chi connectivity index (χ3v) is 6.05. The van der Waals surface area contributed by atoms with Crippen LogP contribution >= 0.6 is 0 Å². The van der Waals surface area contributed by atoms with Crippen molar-refractivity contribution in [2.24, 2.45) is 17.8 Å². The average molecular weight is 362 g/mol. The van der Waals surface area contributed by atoms with Crippen molar-refractivity contribution in [3.63, 3.8) is 0 Å². The minimum absolute atomic E-state index is 0.157. The highest BCUT2D eigenvalue weighted by Gasteiger charge is 2.51. The van der Waals surface area contributed by atoms with E-state index in [0.717, 1.165) is 25.3 Å². The molecule has 1 aromatic heterocycles. The second-order valence-electron chi connectivity index (χ2n) is 8.13. The Morgan fingerprint density at radius 1 is 1.23 bits per heavy atom. The van der Waals surface area contributed by atoms with Crippen LogP contribution in [0.15, 0.2) is 16.5 Å². The van der Waals surface area contributed by atoms with E-state index >= 15 is 0 Å². The Labute approximate surface area is 150 Å². The molecule has 1 aromatic rings. The van der Waals surface area contributed by atoms with Gasteiger partial charge in [0, 0.05) is 5.54 Å². The molecule has 1 atom stereocenters. The van der Waals surface area contributed by atoms with Gasteiger partial charge in [0.2, 0.25) is 5.76 Å². The molecule has 4 bridgehead atoms. The van der Waals surface area contributed by atoms with E-state index in [-0.39, 0.29) is 17.2 Å². The van der Waals surface area contributed by atoms with E-state index in [1.54, 1.807) is 0 Å². The molecular formula is C18H22N2O6. The topological polar surface area (TPSA) is 112 Å². The second kappa shape index (κ2) is 6.10. The molecule has 1 heterocycles. The Bertz CT molecular complexity index is 719. The first kappa shape index (κ1) is 17.1. The Kier molecular flexibility index (Phi) is 4.00. The highest BCUT2D eigenvalue weighted by molar-refractivity contribution is 5.90. The zero-order chi connectivity index (χ0) is 18.5. The molecule has 0 saturated heterocycles. The van der Waals surface area contributed by atoms with Gasteiger partial charge in [-0.25, -0.2) is 4.79 Å². The fraction of sp³-hybridized carbons (Fsp3) is 0.667. The van der Waals surface area contributed by atoms with Gasteiger partial charge in [-0.3, -0.25) is 14.9 Å². The standard InChI is InChI=1S/C18H22N2O6/c1-10(25-17(22)14-2-3-15(26-14)20(23)24)16(21)19-18-7-11-4-12(8-18)6-13(5-11)9-18/h2-3,10-13H,4-9H2,1H3,(H,19,21)/t10-,11?,12?,13?,18?/m1/s1. The molecule has 140 valence electrons. The van der Waals surface area contributed by atoms with Gasteiger partial charge in [0.05, 0.1) is 6.07 Å². The molecule has 4 saturated carbocycles. The van der Waals surface area contributed by atoms with Crippen LogP contribution in [0.3, 0.4) is 0 Å². The van der Waals surface area contributed by atoms with E-state index in [2.05, 4.69) is 5.32 Å². The minimum Gasteiger partial charge on any atom is -0.447 e. The summed E-state index contributed by atoms with van der Waals surface area (Å²) in [5, 5.41) is 13.8. The summed E-state index contributed by atoms with van der Waals surface area (Å²) in [4.78, 5) is 34.5. The number of esters is 1. The molecule has 4 aliphatic rings. The van der Waals surface area contributed by atoms with Gasteiger partial charge in [0.25, 0.3) is 5.91 Å². The van der Waals surface area contributed by atoms with E-state index in [1.807, 2.05) is 0 Å². The zero-order valence-electron chi connectivity index (χ0n) is 14.6. The van der Waals surface area contributed by atoms with Crippen molar-refractivity contribution in [2.45, 2.75) is 57.1 Å². The summed E-state index contributed by atoms with van der Waals surface area (Å²) in [7, 11) is 0. The number of amides is 1. The summed E-state index contributed by atoms with van der Waals surface area (Å²) in [5.41, 5.74) is -0.157. The van der Waals surface area contributed by atoms with E-state index in [1.165, 1.54) is 32.3 Å². The smallest absolute Gasteiger partial charge is 0.433 e. The van der Waals surface area contributed by atoms with Gasteiger partial charge in [0.15, 0.2) is 6.10 Å². The number of hydrogen-bond acceptors (Lipinski definition) is 6. The number of nitrogens with one attached hydrogen (secondary N) is 1. The number of carbonyl (C=O) groups is 2. The quantitative estimate of drug-likeness (QED) is 0.490. The highest BCUT2D eigenvalue weighted by Crippen LogP contribution is 2.55. The van der Waals surface area contributed by atoms with Crippen molar-refractivity contribution in [2.75, 3.05) is 0 Å². The van der Waals surface area contributed by atoms with E-state index in [0.29, 0.717) is 17.8 Å². The molecule has 4 aliphatic carbocycles. The normalized spacial score (nSPS) is 32.9. The van der Waals surface area contributed by atoms with Gasteiger partial charge < -0.3 is 14.5 Å². The first-order valence-corrected chi connectivity index (χ1v) is 9.11. The number of nitrogens with zero attached hydrogens (tertiary/aromatic N) is 1.